The van der Waals surface area contributed by atoms with E-state index in [1.165, 1.54) is 11.9 Å². The third-order valence-electron chi connectivity index (χ3n) is 5.14. The van der Waals surface area contributed by atoms with Crippen LogP contribution < -0.4 is 11.1 Å². The molecule has 4 N–H and O–H groups in total. The number of amidine groups is 1. The molecule has 0 aliphatic heterocycles. The van der Waals surface area contributed by atoms with E-state index in [0.29, 0.717) is 17.7 Å². The molecule has 9 heteroatoms. The number of rotatable bonds is 8. The number of aryl methyl sites for hydroxylation is 1. The van der Waals surface area contributed by atoms with E-state index in [1.54, 1.807) is 32.0 Å². The van der Waals surface area contributed by atoms with Gasteiger partial charge in [0.15, 0.2) is 5.69 Å². The Kier molecular flexibility index (Phi) is 6.99. The quantitative estimate of drug-likeness (QED) is 0.282. The molecule has 1 amide bonds. The summed E-state index contributed by atoms with van der Waals surface area (Å²) in [5.74, 6) is -1.57. The Morgan fingerprint density at radius 2 is 1.88 bits per heavy atom. The van der Waals surface area contributed by atoms with Crippen molar-refractivity contribution in [2.45, 2.75) is 26.3 Å². The number of amides is 1. The third-order valence-corrected chi connectivity index (χ3v) is 5.14. The first-order valence-electron chi connectivity index (χ1n) is 10.1. The van der Waals surface area contributed by atoms with Crippen LogP contribution in [0.5, 0.6) is 0 Å². The molecule has 0 spiro atoms. The van der Waals surface area contributed by atoms with Gasteiger partial charge in [-0.1, -0.05) is 36.4 Å². The molecule has 2 atom stereocenters. The SMILES string of the molecule is COC(=O)C(Cc1cccc(C(=N)N)c1)C(C)NC(=O)c1nn(-c2ccccc2)nc1C. The topological polar surface area (TPSA) is 136 Å². The van der Waals surface area contributed by atoms with Gasteiger partial charge in [-0.3, -0.25) is 15.0 Å². The lowest BCUT2D eigenvalue weighted by atomic mass is 9.92. The van der Waals surface area contributed by atoms with Crippen molar-refractivity contribution in [3.63, 3.8) is 0 Å². The van der Waals surface area contributed by atoms with E-state index in [-0.39, 0.29) is 11.5 Å². The highest BCUT2D eigenvalue weighted by Crippen LogP contribution is 2.17. The molecule has 1 aromatic heterocycles. The summed E-state index contributed by atoms with van der Waals surface area (Å²) in [4.78, 5) is 26.8. The average Bonchev–Trinajstić information content (AvgIpc) is 3.19. The molecule has 0 aliphatic rings. The van der Waals surface area contributed by atoms with Crippen molar-refractivity contribution in [1.29, 1.82) is 5.41 Å². The fourth-order valence-electron chi connectivity index (χ4n) is 3.38. The average molecular weight is 435 g/mol. The maximum absolute atomic E-state index is 12.9. The highest BCUT2D eigenvalue weighted by atomic mass is 16.5. The Morgan fingerprint density at radius 3 is 2.53 bits per heavy atom. The third kappa shape index (κ3) is 5.18. The summed E-state index contributed by atoms with van der Waals surface area (Å²) in [5.41, 5.74) is 8.33. The first-order valence-corrected chi connectivity index (χ1v) is 10.1. The number of carbonyl (C=O) groups is 2. The van der Waals surface area contributed by atoms with Gasteiger partial charge in [0.1, 0.15) is 5.84 Å². The molecule has 0 aliphatic carbocycles. The number of methoxy groups -OCH3 is 1. The summed E-state index contributed by atoms with van der Waals surface area (Å²) in [6.07, 6.45) is 0.310. The normalized spacial score (nSPS) is 12.6. The van der Waals surface area contributed by atoms with E-state index in [0.717, 1.165) is 11.3 Å². The molecule has 166 valence electrons. The van der Waals surface area contributed by atoms with Crippen LogP contribution >= 0.6 is 0 Å². The van der Waals surface area contributed by atoms with Crippen LogP contribution in [0.1, 0.15) is 34.2 Å². The maximum Gasteiger partial charge on any atom is 0.311 e. The van der Waals surface area contributed by atoms with Gasteiger partial charge in [-0.05, 0) is 44.0 Å². The number of benzene rings is 2. The molecule has 32 heavy (non-hydrogen) atoms. The Bertz CT molecular complexity index is 1130. The molecule has 0 saturated heterocycles. The fourth-order valence-corrected chi connectivity index (χ4v) is 3.38. The number of nitrogens with zero attached hydrogens (tertiary/aromatic N) is 3. The minimum absolute atomic E-state index is 0.0557. The van der Waals surface area contributed by atoms with E-state index < -0.39 is 23.8 Å². The number of nitrogen functional groups attached to an aromatic ring is 1. The van der Waals surface area contributed by atoms with Crippen LogP contribution in [0.15, 0.2) is 54.6 Å². The summed E-state index contributed by atoms with van der Waals surface area (Å²) in [6.45, 7) is 3.45. The van der Waals surface area contributed by atoms with Crippen molar-refractivity contribution in [2.75, 3.05) is 7.11 Å². The molecule has 2 aromatic carbocycles. The number of ether oxygens (including phenoxy) is 1. The van der Waals surface area contributed by atoms with Gasteiger partial charge < -0.3 is 15.8 Å². The van der Waals surface area contributed by atoms with Gasteiger partial charge in [-0.25, -0.2) is 0 Å². The Morgan fingerprint density at radius 1 is 1.16 bits per heavy atom. The van der Waals surface area contributed by atoms with Crippen LogP contribution in [0.2, 0.25) is 0 Å². The molecule has 0 radical (unpaired) electrons. The number of hydrogen-bond acceptors (Lipinski definition) is 6. The molecule has 0 bridgehead atoms. The van der Waals surface area contributed by atoms with Crippen LogP contribution in [0.3, 0.4) is 0 Å². The zero-order valence-electron chi connectivity index (χ0n) is 18.2. The largest absolute Gasteiger partial charge is 0.469 e. The van der Waals surface area contributed by atoms with Crippen molar-refractivity contribution >= 4 is 17.7 Å². The highest BCUT2D eigenvalue weighted by Gasteiger charge is 2.29. The number of carbonyl (C=O) groups excluding carboxylic acids is 2. The maximum atomic E-state index is 12.9. The Hall–Kier alpha value is -4.01. The van der Waals surface area contributed by atoms with Gasteiger partial charge >= 0.3 is 5.97 Å². The first-order chi connectivity index (χ1) is 15.3. The summed E-state index contributed by atoms with van der Waals surface area (Å²) in [7, 11) is 1.31. The standard InChI is InChI=1S/C23H26N6O3/c1-14(19(23(31)32-3)13-16-8-7-9-17(12-16)21(24)25)26-22(30)20-15(2)27-29(28-20)18-10-5-4-6-11-18/h4-12,14,19H,13H2,1-3H3,(H3,24,25)(H,26,30). The van der Waals surface area contributed by atoms with E-state index in [2.05, 4.69) is 15.5 Å². The Balaban J connectivity index is 1.78. The highest BCUT2D eigenvalue weighted by molar-refractivity contribution is 5.95. The van der Waals surface area contributed by atoms with Crippen LogP contribution in [0, 0.1) is 18.3 Å². The van der Waals surface area contributed by atoms with E-state index >= 15 is 0 Å². The number of hydrogen-bond donors (Lipinski definition) is 3. The van der Waals surface area contributed by atoms with Crippen LogP contribution in [-0.2, 0) is 16.0 Å². The number of para-hydroxylation sites is 1. The predicted octanol–water partition coefficient (Wildman–Crippen LogP) is 2.01. The van der Waals surface area contributed by atoms with E-state index in [4.69, 9.17) is 15.9 Å². The van der Waals surface area contributed by atoms with E-state index in [9.17, 15) is 9.59 Å². The number of nitrogens with one attached hydrogen (secondary N) is 2. The summed E-state index contributed by atoms with van der Waals surface area (Å²) in [5, 5.41) is 19.1. The summed E-state index contributed by atoms with van der Waals surface area (Å²) < 4.78 is 4.97. The smallest absolute Gasteiger partial charge is 0.311 e. The lowest BCUT2D eigenvalue weighted by Crippen LogP contribution is -2.43. The van der Waals surface area contributed by atoms with Crippen molar-refractivity contribution < 1.29 is 14.3 Å². The van der Waals surface area contributed by atoms with Crippen LogP contribution in [0.4, 0.5) is 0 Å². The van der Waals surface area contributed by atoms with Crippen LogP contribution in [-0.4, -0.2) is 45.9 Å². The molecule has 3 aromatic rings. The minimum atomic E-state index is -0.643. The lowest BCUT2D eigenvalue weighted by Gasteiger charge is -2.23. The van der Waals surface area contributed by atoms with Gasteiger partial charge in [0.2, 0.25) is 0 Å². The summed E-state index contributed by atoms with van der Waals surface area (Å²) >= 11 is 0. The van der Waals surface area contributed by atoms with Gasteiger partial charge in [-0.2, -0.15) is 9.90 Å². The zero-order chi connectivity index (χ0) is 23.3. The van der Waals surface area contributed by atoms with Crippen LogP contribution in [0.25, 0.3) is 5.69 Å². The Labute approximate surface area is 186 Å². The van der Waals surface area contributed by atoms with Crippen molar-refractivity contribution in [3.8, 4) is 5.69 Å². The molecule has 9 nitrogen and oxygen atoms in total. The second-order valence-corrected chi connectivity index (χ2v) is 7.47. The summed E-state index contributed by atoms with van der Waals surface area (Å²) in [6, 6.07) is 15.8. The van der Waals surface area contributed by atoms with Crippen molar-refractivity contribution in [1.82, 2.24) is 20.3 Å². The first kappa shape index (κ1) is 22.7. The molecule has 0 fully saturated rings. The molecule has 2 unspecified atom stereocenters. The van der Waals surface area contributed by atoms with Crippen molar-refractivity contribution in [3.05, 3.63) is 77.1 Å². The fraction of sp³-hybridized carbons (Fsp3) is 0.261. The van der Waals surface area contributed by atoms with E-state index in [1.807, 2.05) is 36.4 Å². The second-order valence-electron chi connectivity index (χ2n) is 7.47. The lowest BCUT2D eigenvalue weighted by molar-refractivity contribution is -0.146. The van der Waals surface area contributed by atoms with Crippen molar-refractivity contribution in [2.24, 2.45) is 11.7 Å². The molecule has 1 heterocycles. The van der Waals surface area contributed by atoms with Gasteiger partial charge in [0, 0.05) is 11.6 Å². The predicted molar refractivity (Wildman–Crippen MR) is 120 cm³/mol. The minimum Gasteiger partial charge on any atom is -0.469 e. The number of aromatic nitrogens is 3. The molecular formula is C23H26N6O3. The zero-order valence-corrected chi connectivity index (χ0v) is 18.2. The molecule has 0 saturated carbocycles. The molecule has 3 rings (SSSR count). The number of nitrogens with two attached hydrogens (primary N) is 1. The second kappa shape index (κ2) is 9.86. The number of esters is 1. The monoisotopic (exact) mass is 434 g/mol. The van der Waals surface area contributed by atoms with Gasteiger partial charge in [0.25, 0.3) is 5.91 Å². The van der Waals surface area contributed by atoms with Gasteiger partial charge in [-0.15, -0.1) is 5.10 Å². The molecular weight excluding hydrogens is 408 g/mol. The van der Waals surface area contributed by atoms with Gasteiger partial charge in [0.05, 0.1) is 24.4 Å².